The summed E-state index contributed by atoms with van der Waals surface area (Å²) in [6, 6.07) is 0.0117. The Morgan fingerprint density at radius 1 is 1.15 bits per heavy atom. The zero-order valence-corrected chi connectivity index (χ0v) is 16.4. The average Bonchev–Trinajstić information content (AvgIpc) is 3.41. The number of nitrogens with zero attached hydrogens (tertiary/aromatic N) is 2. The van der Waals surface area contributed by atoms with Crippen LogP contribution in [0.25, 0.3) is 0 Å². The standard InChI is InChI=1S/C20H33N3O4/c1-2-5-18(24)23-9-4-3-6-17(23)20(27)21-15-10-16(11-15)22(13-19(25)26)12-14-7-8-14/h14-17H,2-13H2,1H3,(H,21,27)(H,25,26). The maximum atomic E-state index is 12.7. The van der Waals surface area contributed by atoms with Crippen LogP contribution in [-0.2, 0) is 14.4 Å². The lowest BCUT2D eigenvalue weighted by atomic mass is 9.84. The van der Waals surface area contributed by atoms with Gasteiger partial charge in [-0.05, 0) is 57.3 Å². The number of nitrogens with one attached hydrogen (secondary N) is 1. The Morgan fingerprint density at radius 3 is 2.52 bits per heavy atom. The fraction of sp³-hybridized carbons (Fsp3) is 0.850. The van der Waals surface area contributed by atoms with Crippen LogP contribution >= 0.6 is 0 Å². The molecule has 2 amide bonds. The molecule has 0 aromatic rings. The van der Waals surface area contributed by atoms with Gasteiger partial charge in [0.15, 0.2) is 0 Å². The number of amides is 2. The van der Waals surface area contributed by atoms with Crippen molar-refractivity contribution in [3.05, 3.63) is 0 Å². The van der Waals surface area contributed by atoms with Crippen molar-refractivity contribution in [2.24, 2.45) is 5.92 Å². The third-order valence-corrected chi connectivity index (χ3v) is 6.09. The Morgan fingerprint density at radius 2 is 1.89 bits per heavy atom. The number of carboxylic acid groups (broad SMARTS) is 1. The van der Waals surface area contributed by atoms with E-state index in [4.69, 9.17) is 5.11 Å². The van der Waals surface area contributed by atoms with Gasteiger partial charge in [0.25, 0.3) is 0 Å². The molecule has 2 N–H and O–H groups in total. The van der Waals surface area contributed by atoms with Gasteiger partial charge < -0.3 is 15.3 Å². The van der Waals surface area contributed by atoms with Gasteiger partial charge in [-0.1, -0.05) is 6.92 Å². The number of hydrogen-bond donors (Lipinski definition) is 2. The molecule has 0 aromatic heterocycles. The van der Waals surface area contributed by atoms with E-state index in [0.29, 0.717) is 18.9 Å². The summed E-state index contributed by atoms with van der Waals surface area (Å²) in [7, 11) is 0. The maximum absolute atomic E-state index is 12.7. The average molecular weight is 380 g/mol. The Balaban J connectivity index is 1.48. The molecular formula is C20H33N3O4. The lowest BCUT2D eigenvalue weighted by molar-refractivity contribution is -0.143. The number of carbonyl (C=O) groups is 3. The summed E-state index contributed by atoms with van der Waals surface area (Å²) < 4.78 is 0. The van der Waals surface area contributed by atoms with Crippen LogP contribution in [0.15, 0.2) is 0 Å². The molecule has 0 bridgehead atoms. The van der Waals surface area contributed by atoms with Crippen LogP contribution in [0.4, 0.5) is 0 Å². The van der Waals surface area contributed by atoms with Crippen molar-refractivity contribution < 1.29 is 19.5 Å². The van der Waals surface area contributed by atoms with Gasteiger partial charge in [0.1, 0.15) is 6.04 Å². The van der Waals surface area contributed by atoms with Gasteiger partial charge >= 0.3 is 5.97 Å². The Kier molecular flexibility index (Phi) is 6.73. The summed E-state index contributed by atoms with van der Waals surface area (Å²) in [5, 5.41) is 12.3. The Bertz CT molecular complexity index is 557. The van der Waals surface area contributed by atoms with Gasteiger partial charge in [-0.3, -0.25) is 19.3 Å². The minimum Gasteiger partial charge on any atom is -0.480 e. The molecule has 0 aromatic carbocycles. The second-order valence-corrected chi connectivity index (χ2v) is 8.45. The molecule has 1 saturated heterocycles. The first-order valence-corrected chi connectivity index (χ1v) is 10.5. The summed E-state index contributed by atoms with van der Waals surface area (Å²) in [6.07, 6.45) is 8.01. The maximum Gasteiger partial charge on any atom is 0.317 e. The molecule has 1 atom stereocenters. The lowest BCUT2D eigenvalue weighted by Gasteiger charge is -2.44. The second kappa shape index (κ2) is 9.04. The zero-order valence-electron chi connectivity index (χ0n) is 16.4. The molecule has 152 valence electrons. The van der Waals surface area contributed by atoms with Crippen molar-refractivity contribution in [1.82, 2.24) is 15.1 Å². The minimum absolute atomic E-state index is 0.0328. The van der Waals surface area contributed by atoms with Crippen LogP contribution in [0.1, 0.15) is 64.7 Å². The van der Waals surface area contributed by atoms with Gasteiger partial charge in [0.05, 0.1) is 6.54 Å². The summed E-state index contributed by atoms with van der Waals surface area (Å²) >= 11 is 0. The smallest absolute Gasteiger partial charge is 0.317 e. The zero-order chi connectivity index (χ0) is 19.4. The van der Waals surface area contributed by atoms with E-state index in [9.17, 15) is 14.4 Å². The first kappa shape index (κ1) is 20.1. The third kappa shape index (κ3) is 5.43. The lowest BCUT2D eigenvalue weighted by Crippen LogP contribution is -2.59. The van der Waals surface area contributed by atoms with E-state index in [-0.39, 0.29) is 36.5 Å². The molecule has 3 fully saturated rings. The van der Waals surface area contributed by atoms with Crippen molar-refractivity contribution in [1.29, 1.82) is 0 Å². The molecule has 7 nitrogen and oxygen atoms in total. The minimum atomic E-state index is -0.782. The number of hydrogen-bond acceptors (Lipinski definition) is 4. The molecule has 0 radical (unpaired) electrons. The van der Waals surface area contributed by atoms with Crippen molar-refractivity contribution >= 4 is 17.8 Å². The molecule has 1 aliphatic heterocycles. The van der Waals surface area contributed by atoms with Gasteiger partial charge in [0.2, 0.25) is 11.8 Å². The molecule has 3 rings (SSSR count). The molecule has 7 heteroatoms. The fourth-order valence-corrected chi connectivity index (χ4v) is 4.31. The summed E-state index contributed by atoms with van der Waals surface area (Å²) in [4.78, 5) is 40.0. The number of rotatable bonds is 9. The van der Waals surface area contributed by atoms with Gasteiger partial charge in [-0.2, -0.15) is 0 Å². The fourth-order valence-electron chi connectivity index (χ4n) is 4.31. The number of carboxylic acids is 1. The van der Waals surface area contributed by atoms with Crippen LogP contribution < -0.4 is 5.32 Å². The highest BCUT2D eigenvalue weighted by atomic mass is 16.4. The molecule has 3 aliphatic rings. The van der Waals surface area contributed by atoms with Crippen LogP contribution in [0.2, 0.25) is 0 Å². The number of aliphatic carboxylic acids is 1. The van der Waals surface area contributed by atoms with E-state index in [1.807, 2.05) is 6.92 Å². The van der Waals surface area contributed by atoms with E-state index in [1.165, 1.54) is 12.8 Å². The van der Waals surface area contributed by atoms with E-state index in [1.54, 1.807) is 4.90 Å². The van der Waals surface area contributed by atoms with E-state index in [2.05, 4.69) is 10.2 Å². The largest absolute Gasteiger partial charge is 0.480 e. The van der Waals surface area contributed by atoms with Crippen LogP contribution in [0.3, 0.4) is 0 Å². The Hall–Kier alpha value is -1.63. The molecule has 2 saturated carbocycles. The van der Waals surface area contributed by atoms with Crippen molar-refractivity contribution in [2.45, 2.75) is 82.8 Å². The highest BCUT2D eigenvalue weighted by molar-refractivity contribution is 5.88. The van der Waals surface area contributed by atoms with Crippen molar-refractivity contribution in [2.75, 3.05) is 19.6 Å². The Labute approximate surface area is 161 Å². The second-order valence-electron chi connectivity index (χ2n) is 8.45. The first-order valence-electron chi connectivity index (χ1n) is 10.5. The monoisotopic (exact) mass is 379 g/mol. The predicted octanol–water partition coefficient (Wildman–Crippen LogP) is 1.61. The third-order valence-electron chi connectivity index (χ3n) is 6.09. The topological polar surface area (TPSA) is 90.0 Å². The van der Waals surface area contributed by atoms with Crippen molar-refractivity contribution in [3.63, 3.8) is 0 Å². The first-order chi connectivity index (χ1) is 13.0. The summed E-state index contributed by atoms with van der Waals surface area (Å²) in [6.45, 7) is 3.61. The van der Waals surface area contributed by atoms with Gasteiger partial charge in [-0.15, -0.1) is 0 Å². The molecule has 1 heterocycles. The van der Waals surface area contributed by atoms with Crippen molar-refractivity contribution in [3.8, 4) is 0 Å². The number of likely N-dealkylation sites (tertiary alicyclic amines) is 1. The summed E-state index contributed by atoms with van der Waals surface area (Å²) in [5.74, 6) is -0.0794. The molecule has 2 aliphatic carbocycles. The summed E-state index contributed by atoms with van der Waals surface area (Å²) in [5.41, 5.74) is 0. The van der Waals surface area contributed by atoms with Crippen LogP contribution in [0, 0.1) is 5.92 Å². The highest BCUT2D eigenvalue weighted by Crippen LogP contribution is 2.34. The molecule has 0 spiro atoms. The molecule has 1 unspecified atom stereocenters. The van der Waals surface area contributed by atoms with E-state index in [0.717, 1.165) is 45.1 Å². The number of piperidine rings is 1. The van der Waals surface area contributed by atoms with Gasteiger partial charge in [0, 0.05) is 31.6 Å². The molecular weight excluding hydrogens is 346 g/mol. The predicted molar refractivity (Wildman–Crippen MR) is 101 cm³/mol. The number of carbonyl (C=O) groups excluding carboxylic acids is 2. The highest BCUT2D eigenvalue weighted by Gasteiger charge is 2.39. The van der Waals surface area contributed by atoms with E-state index < -0.39 is 5.97 Å². The van der Waals surface area contributed by atoms with Gasteiger partial charge in [-0.25, -0.2) is 0 Å². The molecule has 27 heavy (non-hydrogen) atoms. The normalized spacial score (nSPS) is 27.9. The SMILES string of the molecule is CCCC(=O)N1CCCCC1C(=O)NC1CC(N(CC(=O)O)CC2CC2)C1. The van der Waals surface area contributed by atoms with Crippen LogP contribution in [0.5, 0.6) is 0 Å². The van der Waals surface area contributed by atoms with E-state index >= 15 is 0 Å². The van der Waals surface area contributed by atoms with Crippen LogP contribution in [-0.4, -0.2) is 70.4 Å². The quantitative estimate of drug-likeness (QED) is 0.635.